The first-order chi connectivity index (χ1) is 13.5. The molecule has 0 radical (unpaired) electrons. The second-order valence-electron chi connectivity index (χ2n) is 7.93. The minimum absolute atomic E-state index is 0.00296. The number of carbonyl (C=O) groups is 2. The Morgan fingerprint density at radius 3 is 2.64 bits per heavy atom. The Labute approximate surface area is 164 Å². The minimum Gasteiger partial charge on any atom is -0.365 e. The molecule has 1 aromatic heterocycles. The number of nitrogens with zero attached hydrogens (tertiary/aromatic N) is 3. The van der Waals surface area contributed by atoms with Crippen molar-refractivity contribution in [3.63, 3.8) is 0 Å². The first-order valence-electron chi connectivity index (χ1n) is 10.0. The summed E-state index contributed by atoms with van der Waals surface area (Å²) in [5, 5.41) is 7.80. The van der Waals surface area contributed by atoms with Gasteiger partial charge in [0.15, 0.2) is 0 Å². The van der Waals surface area contributed by atoms with Crippen molar-refractivity contribution in [3.05, 3.63) is 47.8 Å². The van der Waals surface area contributed by atoms with Crippen molar-refractivity contribution in [3.8, 4) is 5.69 Å². The molecule has 7 heteroatoms. The number of hydrogen-bond donors (Lipinski definition) is 2. The summed E-state index contributed by atoms with van der Waals surface area (Å²) in [5.41, 5.74) is 7.62. The van der Waals surface area contributed by atoms with Gasteiger partial charge in [0, 0.05) is 31.2 Å². The molecule has 2 heterocycles. The zero-order valence-electron chi connectivity index (χ0n) is 16.2. The second kappa shape index (κ2) is 7.66. The zero-order chi connectivity index (χ0) is 19.7. The Morgan fingerprint density at radius 1 is 1.21 bits per heavy atom. The van der Waals surface area contributed by atoms with Crippen molar-refractivity contribution in [1.82, 2.24) is 20.0 Å². The highest BCUT2D eigenvalue weighted by Crippen LogP contribution is 2.33. The van der Waals surface area contributed by atoms with Gasteiger partial charge >= 0.3 is 6.03 Å². The van der Waals surface area contributed by atoms with Gasteiger partial charge in [0.25, 0.3) is 5.91 Å². The lowest BCUT2D eigenvalue weighted by atomic mass is 9.92. The SMILES string of the molecule is CC(NC(=O)N1CCCC(c2nn(-c3ccccc3)cc2C(N)=O)C1)C1CC1. The van der Waals surface area contributed by atoms with Crippen molar-refractivity contribution in [2.24, 2.45) is 11.7 Å². The third-order valence-corrected chi connectivity index (χ3v) is 5.80. The van der Waals surface area contributed by atoms with Gasteiger partial charge in [-0.15, -0.1) is 0 Å². The molecule has 1 aliphatic carbocycles. The fourth-order valence-electron chi connectivity index (χ4n) is 3.98. The summed E-state index contributed by atoms with van der Waals surface area (Å²) in [5.74, 6) is 0.136. The van der Waals surface area contributed by atoms with Crippen LogP contribution in [0, 0.1) is 5.92 Å². The summed E-state index contributed by atoms with van der Waals surface area (Å²) in [6.07, 6.45) is 5.85. The molecular weight excluding hydrogens is 354 g/mol. The number of likely N-dealkylation sites (tertiary alicyclic amines) is 1. The molecule has 2 aromatic rings. The number of hydrogen-bond acceptors (Lipinski definition) is 3. The molecular formula is C21H27N5O2. The van der Waals surface area contributed by atoms with Crippen LogP contribution in [0.5, 0.6) is 0 Å². The first-order valence-corrected chi connectivity index (χ1v) is 10.0. The van der Waals surface area contributed by atoms with Crippen LogP contribution in [-0.4, -0.2) is 45.8 Å². The Morgan fingerprint density at radius 2 is 1.96 bits per heavy atom. The Balaban J connectivity index is 1.53. The van der Waals surface area contributed by atoms with Crippen molar-refractivity contribution in [2.75, 3.05) is 13.1 Å². The number of benzene rings is 1. The van der Waals surface area contributed by atoms with E-state index in [0.717, 1.165) is 25.1 Å². The number of rotatable bonds is 5. The number of urea groups is 1. The molecule has 1 aliphatic heterocycles. The third kappa shape index (κ3) is 3.88. The standard InChI is InChI=1S/C21H27N5O2/c1-14(15-9-10-15)23-21(28)25-11-5-6-16(12-25)19-18(20(22)27)13-26(24-19)17-7-3-2-4-8-17/h2-4,7-8,13-16H,5-6,9-12H2,1H3,(H2,22,27)(H,23,28). The minimum atomic E-state index is -0.485. The molecule has 2 unspecified atom stereocenters. The van der Waals surface area contributed by atoms with E-state index in [2.05, 4.69) is 17.3 Å². The van der Waals surface area contributed by atoms with Crippen LogP contribution < -0.4 is 11.1 Å². The fraction of sp³-hybridized carbons (Fsp3) is 0.476. The lowest BCUT2D eigenvalue weighted by Gasteiger charge is -2.33. The molecule has 7 nitrogen and oxygen atoms in total. The van der Waals surface area contributed by atoms with E-state index in [1.807, 2.05) is 35.2 Å². The number of para-hydroxylation sites is 1. The highest BCUT2D eigenvalue weighted by atomic mass is 16.2. The quantitative estimate of drug-likeness (QED) is 0.834. The Hall–Kier alpha value is -2.83. The monoisotopic (exact) mass is 381 g/mol. The predicted octanol–water partition coefficient (Wildman–Crippen LogP) is 2.66. The average Bonchev–Trinajstić information content (AvgIpc) is 3.46. The number of primary amides is 1. The number of carbonyl (C=O) groups excluding carboxylic acids is 2. The molecule has 1 saturated heterocycles. The molecule has 2 aliphatic rings. The van der Waals surface area contributed by atoms with E-state index in [1.54, 1.807) is 10.9 Å². The lowest BCUT2D eigenvalue weighted by molar-refractivity contribution is 0.0998. The van der Waals surface area contributed by atoms with Gasteiger partial charge in [-0.3, -0.25) is 4.79 Å². The topological polar surface area (TPSA) is 93.2 Å². The van der Waals surface area contributed by atoms with Crippen LogP contribution in [0.4, 0.5) is 4.79 Å². The molecule has 2 atom stereocenters. The molecule has 148 valence electrons. The zero-order valence-corrected chi connectivity index (χ0v) is 16.2. The molecule has 0 bridgehead atoms. The number of aromatic nitrogens is 2. The summed E-state index contributed by atoms with van der Waals surface area (Å²) < 4.78 is 1.70. The highest BCUT2D eigenvalue weighted by molar-refractivity contribution is 5.94. The van der Waals surface area contributed by atoms with E-state index >= 15 is 0 Å². The maximum Gasteiger partial charge on any atom is 0.317 e. The second-order valence-corrected chi connectivity index (χ2v) is 7.93. The number of piperidine rings is 1. The summed E-state index contributed by atoms with van der Waals surface area (Å²) in [6, 6.07) is 9.84. The largest absolute Gasteiger partial charge is 0.365 e. The average molecular weight is 381 g/mol. The van der Waals surface area contributed by atoms with Crippen LogP contribution in [0.3, 0.4) is 0 Å². The van der Waals surface area contributed by atoms with Gasteiger partial charge in [0.1, 0.15) is 0 Å². The molecule has 2 fully saturated rings. The van der Waals surface area contributed by atoms with Crippen molar-refractivity contribution in [2.45, 2.75) is 44.6 Å². The van der Waals surface area contributed by atoms with Crippen LogP contribution in [0.25, 0.3) is 5.69 Å². The lowest BCUT2D eigenvalue weighted by Crippen LogP contribution is -2.48. The smallest absolute Gasteiger partial charge is 0.317 e. The summed E-state index contributed by atoms with van der Waals surface area (Å²) in [4.78, 5) is 26.5. The molecule has 4 rings (SSSR count). The van der Waals surface area contributed by atoms with Gasteiger partial charge in [0.2, 0.25) is 0 Å². The maximum absolute atomic E-state index is 12.7. The molecule has 1 aromatic carbocycles. The van der Waals surface area contributed by atoms with Crippen LogP contribution in [0.1, 0.15) is 54.6 Å². The first kappa shape index (κ1) is 18.5. The Kier molecular flexibility index (Phi) is 5.07. The van der Waals surface area contributed by atoms with E-state index in [4.69, 9.17) is 5.73 Å². The molecule has 28 heavy (non-hydrogen) atoms. The van der Waals surface area contributed by atoms with Gasteiger partial charge in [-0.25, -0.2) is 9.48 Å². The van der Waals surface area contributed by atoms with Crippen molar-refractivity contribution in [1.29, 1.82) is 0 Å². The van der Waals surface area contributed by atoms with E-state index in [-0.39, 0.29) is 18.0 Å². The third-order valence-electron chi connectivity index (χ3n) is 5.80. The molecule has 3 amide bonds. The van der Waals surface area contributed by atoms with Gasteiger partial charge in [-0.05, 0) is 50.7 Å². The maximum atomic E-state index is 12.7. The van der Waals surface area contributed by atoms with Crippen LogP contribution in [0.2, 0.25) is 0 Å². The number of amides is 3. The van der Waals surface area contributed by atoms with Crippen LogP contribution >= 0.6 is 0 Å². The van der Waals surface area contributed by atoms with Gasteiger partial charge in [-0.2, -0.15) is 5.10 Å². The van der Waals surface area contributed by atoms with Gasteiger partial charge in [0.05, 0.1) is 16.9 Å². The molecule has 3 N–H and O–H groups in total. The van der Waals surface area contributed by atoms with Crippen molar-refractivity contribution < 1.29 is 9.59 Å². The predicted molar refractivity (Wildman–Crippen MR) is 106 cm³/mol. The number of nitrogens with one attached hydrogen (secondary N) is 1. The van der Waals surface area contributed by atoms with Gasteiger partial charge in [-0.1, -0.05) is 18.2 Å². The summed E-state index contributed by atoms with van der Waals surface area (Å²) in [6.45, 7) is 3.35. The van der Waals surface area contributed by atoms with Gasteiger partial charge < -0.3 is 16.0 Å². The van der Waals surface area contributed by atoms with E-state index < -0.39 is 5.91 Å². The number of nitrogens with two attached hydrogens (primary N) is 1. The van der Waals surface area contributed by atoms with Crippen LogP contribution in [-0.2, 0) is 0 Å². The summed E-state index contributed by atoms with van der Waals surface area (Å²) in [7, 11) is 0. The van der Waals surface area contributed by atoms with E-state index in [9.17, 15) is 9.59 Å². The summed E-state index contributed by atoms with van der Waals surface area (Å²) >= 11 is 0. The van der Waals surface area contributed by atoms with Crippen LogP contribution in [0.15, 0.2) is 36.5 Å². The normalized spacial score (nSPS) is 20.6. The fourth-order valence-corrected chi connectivity index (χ4v) is 3.98. The van der Waals surface area contributed by atoms with E-state index in [1.165, 1.54) is 12.8 Å². The Bertz CT molecular complexity index is 859. The van der Waals surface area contributed by atoms with Crippen molar-refractivity contribution >= 4 is 11.9 Å². The highest BCUT2D eigenvalue weighted by Gasteiger charge is 2.33. The molecule has 1 saturated carbocycles. The molecule has 0 spiro atoms. The van der Waals surface area contributed by atoms with E-state index in [0.29, 0.717) is 23.7 Å².